The van der Waals surface area contributed by atoms with Gasteiger partial charge in [0.1, 0.15) is 5.75 Å². The van der Waals surface area contributed by atoms with Gasteiger partial charge in [0.15, 0.2) is 0 Å². The highest BCUT2D eigenvalue weighted by atomic mass is 35.5. The Bertz CT molecular complexity index is 438. The molecule has 0 saturated carbocycles. The van der Waals surface area contributed by atoms with Gasteiger partial charge in [-0.1, -0.05) is 30.1 Å². The Morgan fingerprint density at radius 3 is 2.61 bits per heavy atom. The van der Waals surface area contributed by atoms with E-state index in [9.17, 15) is 9.90 Å². The van der Waals surface area contributed by atoms with Gasteiger partial charge >= 0.3 is 5.97 Å². The van der Waals surface area contributed by atoms with Gasteiger partial charge in [0, 0.05) is 23.7 Å². The third kappa shape index (κ3) is 4.37. The van der Waals surface area contributed by atoms with E-state index < -0.39 is 5.97 Å². The fraction of sp³-hybridized carbons (Fsp3) is 0.417. The van der Waals surface area contributed by atoms with Crippen LogP contribution in [0.2, 0.25) is 10.0 Å². The number of aromatic hydroxyl groups is 1. The van der Waals surface area contributed by atoms with Crippen LogP contribution in [0.15, 0.2) is 12.1 Å². The molecule has 2 N–H and O–H groups in total. The SMILES string of the molecule is CCN(CCC(=O)O)Cc1cc(Cl)cc(Cl)c1O. The molecule has 100 valence electrons. The number of hydrogen-bond donors (Lipinski definition) is 2. The van der Waals surface area contributed by atoms with Gasteiger partial charge in [0.25, 0.3) is 0 Å². The van der Waals surface area contributed by atoms with E-state index in [1.807, 2.05) is 11.8 Å². The molecule has 0 spiro atoms. The summed E-state index contributed by atoms with van der Waals surface area (Å²) in [4.78, 5) is 12.4. The molecule has 4 nitrogen and oxygen atoms in total. The summed E-state index contributed by atoms with van der Waals surface area (Å²) in [5.74, 6) is -0.850. The number of phenolic OH excluding ortho intramolecular Hbond substituents is 1. The molecule has 0 aliphatic rings. The van der Waals surface area contributed by atoms with Gasteiger partial charge in [-0.25, -0.2) is 0 Å². The smallest absolute Gasteiger partial charge is 0.304 e. The van der Waals surface area contributed by atoms with E-state index in [1.165, 1.54) is 6.07 Å². The Hall–Kier alpha value is -0.970. The molecule has 18 heavy (non-hydrogen) atoms. The number of benzene rings is 1. The van der Waals surface area contributed by atoms with Crippen LogP contribution >= 0.6 is 23.2 Å². The van der Waals surface area contributed by atoms with Gasteiger partial charge in [-0.2, -0.15) is 0 Å². The summed E-state index contributed by atoms with van der Waals surface area (Å²) in [5.41, 5.74) is 0.597. The number of carboxylic acids is 1. The largest absolute Gasteiger partial charge is 0.506 e. The molecule has 0 saturated heterocycles. The van der Waals surface area contributed by atoms with Crippen molar-refractivity contribution in [3.63, 3.8) is 0 Å². The third-order valence-electron chi connectivity index (χ3n) is 2.59. The van der Waals surface area contributed by atoms with E-state index >= 15 is 0 Å². The van der Waals surface area contributed by atoms with Crippen molar-refractivity contribution in [2.45, 2.75) is 19.9 Å². The molecule has 0 aromatic heterocycles. The highest BCUT2D eigenvalue weighted by Crippen LogP contribution is 2.31. The van der Waals surface area contributed by atoms with Crippen molar-refractivity contribution in [1.82, 2.24) is 4.90 Å². The summed E-state index contributed by atoms with van der Waals surface area (Å²) < 4.78 is 0. The molecular formula is C12H15Cl2NO3. The van der Waals surface area contributed by atoms with Crippen LogP contribution in [0, 0.1) is 0 Å². The molecule has 0 aliphatic carbocycles. The first-order valence-electron chi connectivity index (χ1n) is 5.55. The lowest BCUT2D eigenvalue weighted by Crippen LogP contribution is -2.25. The molecule has 1 aromatic rings. The predicted octanol–water partition coefficient (Wildman–Crippen LogP) is 3.00. The van der Waals surface area contributed by atoms with Gasteiger partial charge in [-0.05, 0) is 18.7 Å². The van der Waals surface area contributed by atoms with Crippen LogP contribution in [0.4, 0.5) is 0 Å². The summed E-state index contributed by atoms with van der Waals surface area (Å²) in [7, 11) is 0. The standard InChI is InChI=1S/C12H15Cl2NO3/c1-2-15(4-3-11(16)17)7-8-5-9(13)6-10(14)12(8)18/h5-6,18H,2-4,7H2,1H3,(H,16,17). The van der Waals surface area contributed by atoms with Gasteiger partial charge in [0.2, 0.25) is 0 Å². The van der Waals surface area contributed by atoms with Gasteiger partial charge in [-0.3, -0.25) is 9.69 Å². The number of halogens is 2. The number of carbonyl (C=O) groups is 1. The molecule has 0 heterocycles. The second kappa shape index (κ2) is 6.83. The summed E-state index contributed by atoms with van der Waals surface area (Å²) in [6.45, 7) is 3.42. The van der Waals surface area contributed by atoms with Crippen molar-refractivity contribution in [2.24, 2.45) is 0 Å². The second-order valence-electron chi connectivity index (χ2n) is 3.91. The highest BCUT2D eigenvalue weighted by Gasteiger charge is 2.12. The Morgan fingerprint density at radius 2 is 2.06 bits per heavy atom. The fourth-order valence-corrected chi connectivity index (χ4v) is 2.12. The van der Waals surface area contributed by atoms with E-state index in [0.717, 1.165) is 0 Å². The Morgan fingerprint density at radius 1 is 1.39 bits per heavy atom. The Labute approximate surface area is 116 Å². The first-order chi connectivity index (χ1) is 8.43. The summed E-state index contributed by atoms with van der Waals surface area (Å²) in [5, 5.41) is 19.1. The monoisotopic (exact) mass is 291 g/mol. The quantitative estimate of drug-likeness (QED) is 0.846. The molecule has 0 fully saturated rings. The van der Waals surface area contributed by atoms with Crippen molar-refractivity contribution in [3.8, 4) is 5.75 Å². The molecule has 0 bridgehead atoms. The third-order valence-corrected chi connectivity index (χ3v) is 3.10. The average molecular weight is 292 g/mol. The Balaban J connectivity index is 2.78. The van der Waals surface area contributed by atoms with Crippen molar-refractivity contribution >= 4 is 29.2 Å². The number of hydrogen-bond acceptors (Lipinski definition) is 3. The number of phenols is 1. The molecule has 1 rings (SSSR count). The van der Waals surface area contributed by atoms with Crippen LogP contribution in [0.3, 0.4) is 0 Å². The molecule has 6 heteroatoms. The molecule has 0 unspecified atom stereocenters. The minimum atomic E-state index is -0.846. The maximum absolute atomic E-state index is 10.5. The van der Waals surface area contributed by atoms with Gasteiger partial charge < -0.3 is 10.2 Å². The number of carboxylic acid groups (broad SMARTS) is 1. The zero-order valence-corrected chi connectivity index (χ0v) is 11.5. The Kier molecular flexibility index (Phi) is 5.72. The lowest BCUT2D eigenvalue weighted by molar-refractivity contribution is -0.137. The molecule has 0 atom stereocenters. The van der Waals surface area contributed by atoms with E-state index in [-0.39, 0.29) is 17.2 Å². The van der Waals surface area contributed by atoms with Crippen molar-refractivity contribution < 1.29 is 15.0 Å². The lowest BCUT2D eigenvalue weighted by atomic mass is 10.2. The van der Waals surface area contributed by atoms with E-state index in [4.69, 9.17) is 28.3 Å². The van der Waals surface area contributed by atoms with Crippen molar-refractivity contribution in [2.75, 3.05) is 13.1 Å². The lowest BCUT2D eigenvalue weighted by Gasteiger charge is -2.20. The topological polar surface area (TPSA) is 60.8 Å². The highest BCUT2D eigenvalue weighted by molar-refractivity contribution is 6.35. The zero-order chi connectivity index (χ0) is 13.7. The van der Waals surface area contributed by atoms with Crippen LogP contribution < -0.4 is 0 Å². The molecule has 0 amide bonds. The first kappa shape index (κ1) is 15.1. The summed E-state index contributed by atoms with van der Waals surface area (Å²) >= 11 is 11.7. The van der Waals surface area contributed by atoms with E-state index in [0.29, 0.717) is 30.2 Å². The predicted molar refractivity (Wildman–Crippen MR) is 71.3 cm³/mol. The number of aliphatic carboxylic acids is 1. The minimum Gasteiger partial charge on any atom is -0.506 e. The average Bonchev–Trinajstić information content (AvgIpc) is 2.30. The van der Waals surface area contributed by atoms with Gasteiger partial charge in [-0.15, -0.1) is 0 Å². The number of nitrogens with zero attached hydrogens (tertiary/aromatic N) is 1. The normalized spacial score (nSPS) is 10.9. The maximum Gasteiger partial charge on any atom is 0.304 e. The van der Waals surface area contributed by atoms with Crippen LogP contribution in [0.5, 0.6) is 5.75 Å². The molecule has 1 aromatic carbocycles. The van der Waals surface area contributed by atoms with Crippen LogP contribution in [-0.4, -0.2) is 34.2 Å². The van der Waals surface area contributed by atoms with Crippen molar-refractivity contribution in [1.29, 1.82) is 0 Å². The first-order valence-corrected chi connectivity index (χ1v) is 6.30. The number of rotatable bonds is 6. The van der Waals surface area contributed by atoms with Crippen LogP contribution in [-0.2, 0) is 11.3 Å². The maximum atomic E-state index is 10.5. The summed E-state index contributed by atoms with van der Waals surface area (Å²) in [6, 6.07) is 3.10. The molecule has 0 aliphatic heterocycles. The fourth-order valence-electron chi connectivity index (χ4n) is 1.58. The minimum absolute atomic E-state index is 0.00478. The van der Waals surface area contributed by atoms with Crippen molar-refractivity contribution in [3.05, 3.63) is 27.7 Å². The molecular weight excluding hydrogens is 277 g/mol. The van der Waals surface area contributed by atoms with E-state index in [2.05, 4.69) is 0 Å². The summed E-state index contributed by atoms with van der Waals surface area (Å²) in [6.07, 6.45) is 0.0584. The molecule has 0 radical (unpaired) electrons. The van der Waals surface area contributed by atoms with E-state index in [1.54, 1.807) is 6.07 Å². The second-order valence-corrected chi connectivity index (χ2v) is 4.75. The van der Waals surface area contributed by atoms with Crippen LogP contribution in [0.1, 0.15) is 18.9 Å². The zero-order valence-electron chi connectivity index (χ0n) is 9.99. The van der Waals surface area contributed by atoms with Gasteiger partial charge in [0.05, 0.1) is 11.4 Å². The van der Waals surface area contributed by atoms with Crippen LogP contribution in [0.25, 0.3) is 0 Å².